The molecule has 142 valence electrons. The molecule has 1 aromatic carbocycles. The van der Waals surface area contributed by atoms with Crippen molar-refractivity contribution < 1.29 is 0 Å². The second kappa shape index (κ2) is 9.97. The van der Waals surface area contributed by atoms with E-state index in [1.165, 1.54) is 0 Å². The van der Waals surface area contributed by atoms with Gasteiger partial charge >= 0.3 is 0 Å². The van der Waals surface area contributed by atoms with Gasteiger partial charge in [-0.25, -0.2) is 4.98 Å². The van der Waals surface area contributed by atoms with Crippen molar-refractivity contribution in [1.29, 1.82) is 0 Å². The Bertz CT molecular complexity index is 679. The number of aliphatic imine (C=N–C) groups is 1. The highest BCUT2D eigenvalue weighted by molar-refractivity contribution is 5.79. The van der Waals surface area contributed by atoms with E-state index in [1.807, 2.05) is 38.5 Å². The Balaban J connectivity index is 1.87. The van der Waals surface area contributed by atoms with Crippen molar-refractivity contribution in [1.82, 2.24) is 25.1 Å². The monoisotopic (exact) mass is 356 g/mol. The number of likely N-dealkylation sites (N-methyl/N-ethyl adjacent to an activating group) is 1. The standard InChI is InChI=1S/C20H32N6/c1-6-16(2)25(4)13-12-22-20(21-3)26(5)15-19-23-14-18(24-19)17-10-8-7-9-11-17/h7-11,14,16H,6,12-13,15H2,1-5H3,(H,21,22)(H,23,24). The van der Waals surface area contributed by atoms with Crippen molar-refractivity contribution in [3.8, 4) is 11.3 Å². The number of guanidine groups is 1. The predicted octanol–water partition coefficient (Wildman–Crippen LogP) is 2.81. The molecule has 2 aromatic rings. The molecule has 0 fully saturated rings. The molecule has 0 saturated carbocycles. The number of nitrogens with one attached hydrogen (secondary N) is 2. The summed E-state index contributed by atoms with van der Waals surface area (Å²) in [4.78, 5) is 16.7. The van der Waals surface area contributed by atoms with Crippen molar-refractivity contribution >= 4 is 5.96 Å². The van der Waals surface area contributed by atoms with Crippen LogP contribution in [-0.2, 0) is 6.54 Å². The van der Waals surface area contributed by atoms with Crippen LogP contribution in [0.4, 0.5) is 0 Å². The lowest BCUT2D eigenvalue weighted by atomic mass is 10.2. The van der Waals surface area contributed by atoms with Crippen LogP contribution in [-0.4, -0.2) is 66.0 Å². The fourth-order valence-corrected chi connectivity index (χ4v) is 2.77. The largest absolute Gasteiger partial charge is 0.355 e. The SMILES string of the molecule is CCC(C)N(C)CCNC(=NC)N(C)Cc1ncc(-c2ccccc2)[nH]1. The molecule has 0 radical (unpaired) electrons. The summed E-state index contributed by atoms with van der Waals surface area (Å²) >= 11 is 0. The summed E-state index contributed by atoms with van der Waals surface area (Å²) in [6.45, 7) is 7.00. The second-order valence-corrected chi connectivity index (χ2v) is 6.68. The van der Waals surface area contributed by atoms with E-state index < -0.39 is 0 Å². The van der Waals surface area contributed by atoms with Crippen LogP contribution >= 0.6 is 0 Å². The maximum absolute atomic E-state index is 4.50. The summed E-state index contributed by atoms with van der Waals surface area (Å²) in [6.07, 6.45) is 3.04. The first kappa shape index (κ1) is 20.0. The minimum Gasteiger partial charge on any atom is -0.355 e. The number of imidazole rings is 1. The maximum Gasteiger partial charge on any atom is 0.193 e. The molecule has 26 heavy (non-hydrogen) atoms. The predicted molar refractivity (Wildman–Crippen MR) is 109 cm³/mol. The molecule has 0 aliphatic carbocycles. The third-order valence-corrected chi connectivity index (χ3v) is 4.76. The summed E-state index contributed by atoms with van der Waals surface area (Å²) in [7, 11) is 6.00. The number of hydrogen-bond donors (Lipinski definition) is 2. The van der Waals surface area contributed by atoms with Crippen molar-refractivity contribution in [2.75, 3.05) is 34.2 Å². The second-order valence-electron chi connectivity index (χ2n) is 6.68. The molecule has 1 heterocycles. The zero-order valence-corrected chi connectivity index (χ0v) is 16.7. The average Bonchev–Trinajstić information content (AvgIpc) is 3.13. The molecular formula is C20H32N6. The molecule has 0 saturated heterocycles. The lowest BCUT2D eigenvalue weighted by Gasteiger charge is -2.25. The summed E-state index contributed by atoms with van der Waals surface area (Å²) in [6, 6.07) is 10.8. The number of rotatable bonds is 8. The Morgan fingerprint density at radius 1 is 1.27 bits per heavy atom. The van der Waals surface area contributed by atoms with Crippen molar-refractivity contribution in [3.63, 3.8) is 0 Å². The van der Waals surface area contributed by atoms with Crippen LogP contribution in [0.15, 0.2) is 41.5 Å². The average molecular weight is 357 g/mol. The van der Waals surface area contributed by atoms with E-state index in [-0.39, 0.29) is 0 Å². The zero-order valence-electron chi connectivity index (χ0n) is 16.7. The molecule has 1 aromatic heterocycles. The fourth-order valence-electron chi connectivity index (χ4n) is 2.77. The molecule has 6 heteroatoms. The zero-order chi connectivity index (χ0) is 18.9. The van der Waals surface area contributed by atoms with E-state index >= 15 is 0 Å². The Kier molecular flexibility index (Phi) is 7.66. The minimum atomic E-state index is 0.594. The molecule has 0 aliphatic heterocycles. The molecule has 1 atom stereocenters. The van der Waals surface area contributed by atoms with Gasteiger partial charge in [0.15, 0.2) is 5.96 Å². The van der Waals surface area contributed by atoms with Crippen LogP contribution in [0.25, 0.3) is 11.3 Å². The number of aromatic nitrogens is 2. The topological polar surface area (TPSA) is 59.5 Å². The molecule has 6 nitrogen and oxygen atoms in total. The number of nitrogens with zero attached hydrogens (tertiary/aromatic N) is 4. The molecular weight excluding hydrogens is 324 g/mol. The van der Waals surface area contributed by atoms with Gasteiger partial charge in [0, 0.05) is 33.2 Å². The first-order valence-corrected chi connectivity index (χ1v) is 9.26. The Labute approximate surface area is 157 Å². The first-order valence-electron chi connectivity index (χ1n) is 9.26. The molecule has 0 amide bonds. The van der Waals surface area contributed by atoms with E-state index in [0.29, 0.717) is 12.6 Å². The van der Waals surface area contributed by atoms with Gasteiger partial charge < -0.3 is 20.1 Å². The van der Waals surface area contributed by atoms with Crippen LogP contribution in [0.1, 0.15) is 26.1 Å². The fraction of sp³-hybridized carbons (Fsp3) is 0.500. The van der Waals surface area contributed by atoms with Gasteiger partial charge in [0.2, 0.25) is 0 Å². The Hall–Kier alpha value is -2.34. The minimum absolute atomic E-state index is 0.594. The van der Waals surface area contributed by atoms with Gasteiger partial charge in [-0.2, -0.15) is 0 Å². The molecule has 1 unspecified atom stereocenters. The van der Waals surface area contributed by atoms with Crippen LogP contribution in [0.3, 0.4) is 0 Å². The number of benzene rings is 1. The van der Waals surface area contributed by atoms with Crippen molar-refractivity contribution in [2.45, 2.75) is 32.9 Å². The highest BCUT2D eigenvalue weighted by Crippen LogP contribution is 2.16. The quantitative estimate of drug-likeness (QED) is 0.564. The van der Waals surface area contributed by atoms with E-state index in [1.54, 1.807) is 0 Å². The molecule has 2 rings (SSSR count). The van der Waals surface area contributed by atoms with E-state index in [0.717, 1.165) is 42.6 Å². The highest BCUT2D eigenvalue weighted by Gasteiger charge is 2.11. The third kappa shape index (κ3) is 5.59. The molecule has 0 aliphatic rings. The smallest absolute Gasteiger partial charge is 0.193 e. The lowest BCUT2D eigenvalue weighted by molar-refractivity contribution is 0.255. The summed E-state index contributed by atoms with van der Waals surface area (Å²) in [5.41, 5.74) is 2.18. The summed E-state index contributed by atoms with van der Waals surface area (Å²) < 4.78 is 0. The van der Waals surface area contributed by atoms with Gasteiger partial charge in [-0.1, -0.05) is 37.3 Å². The van der Waals surface area contributed by atoms with Gasteiger partial charge in [-0.05, 0) is 26.0 Å². The normalized spacial score (nSPS) is 13.1. The van der Waals surface area contributed by atoms with E-state index in [2.05, 4.69) is 63.1 Å². The van der Waals surface area contributed by atoms with Gasteiger partial charge in [-0.3, -0.25) is 4.99 Å². The summed E-state index contributed by atoms with van der Waals surface area (Å²) in [5, 5.41) is 3.43. The van der Waals surface area contributed by atoms with Gasteiger partial charge in [0.25, 0.3) is 0 Å². The van der Waals surface area contributed by atoms with Crippen molar-refractivity contribution in [2.24, 2.45) is 4.99 Å². The Morgan fingerprint density at radius 3 is 2.65 bits per heavy atom. The molecule has 0 spiro atoms. The van der Waals surface area contributed by atoms with Crippen LogP contribution in [0.5, 0.6) is 0 Å². The maximum atomic E-state index is 4.50. The van der Waals surface area contributed by atoms with E-state index in [9.17, 15) is 0 Å². The number of hydrogen-bond acceptors (Lipinski definition) is 3. The van der Waals surface area contributed by atoms with Gasteiger partial charge in [0.05, 0.1) is 18.4 Å². The number of H-pyrrole nitrogens is 1. The van der Waals surface area contributed by atoms with Crippen LogP contribution in [0, 0.1) is 0 Å². The first-order chi connectivity index (χ1) is 12.5. The van der Waals surface area contributed by atoms with Crippen molar-refractivity contribution in [3.05, 3.63) is 42.4 Å². The summed E-state index contributed by atoms with van der Waals surface area (Å²) in [5.74, 6) is 1.80. The van der Waals surface area contributed by atoms with E-state index in [4.69, 9.17) is 0 Å². The highest BCUT2D eigenvalue weighted by atomic mass is 15.3. The van der Waals surface area contributed by atoms with Crippen LogP contribution in [0.2, 0.25) is 0 Å². The molecule has 2 N–H and O–H groups in total. The molecule has 0 bridgehead atoms. The van der Waals surface area contributed by atoms with Gasteiger partial charge in [0.1, 0.15) is 5.82 Å². The van der Waals surface area contributed by atoms with Crippen LogP contribution < -0.4 is 5.32 Å². The van der Waals surface area contributed by atoms with Gasteiger partial charge in [-0.15, -0.1) is 0 Å². The lowest BCUT2D eigenvalue weighted by Crippen LogP contribution is -2.43. The third-order valence-electron chi connectivity index (χ3n) is 4.76. The number of aromatic amines is 1. The Morgan fingerprint density at radius 2 is 2.00 bits per heavy atom.